The number of nitrogens with one attached hydrogen (secondary N) is 1. The first-order valence-corrected chi connectivity index (χ1v) is 8.10. The molecule has 114 valence electrons. The number of amides is 1. The molecule has 3 heteroatoms. The van der Waals surface area contributed by atoms with Gasteiger partial charge in [0.1, 0.15) is 0 Å². The number of likely N-dealkylation sites (tertiary alicyclic amines) is 1. The first kappa shape index (κ1) is 14.6. The molecule has 0 aromatic heterocycles. The third-order valence-electron chi connectivity index (χ3n) is 5.16. The summed E-state index contributed by atoms with van der Waals surface area (Å²) < 4.78 is 0. The molecule has 2 bridgehead atoms. The quantitative estimate of drug-likeness (QED) is 0.906. The summed E-state index contributed by atoms with van der Waals surface area (Å²) in [6.07, 6.45) is 3.57. The van der Waals surface area contributed by atoms with E-state index in [9.17, 15) is 4.79 Å². The minimum absolute atomic E-state index is 0.270. The van der Waals surface area contributed by atoms with Gasteiger partial charge in [-0.15, -0.1) is 0 Å². The molecule has 3 rings (SSSR count). The second kappa shape index (κ2) is 5.45. The maximum Gasteiger partial charge on any atom is 0.232 e. The van der Waals surface area contributed by atoms with Crippen LogP contribution in [0.2, 0.25) is 0 Å². The van der Waals surface area contributed by atoms with Crippen LogP contribution in [0.25, 0.3) is 0 Å². The fourth-order valence-electron chi connectivity index (χ4n) is 3.91. The third-order valence-corrected chi connectivity index (χ3v) is 5.16. The zero-order valence-corrected chi connectivity index (χ0v) is 13.4. The molecular weight excluding hydrogens is 260 g/mol. The standard InChI is InChI=1S/C18H26N2O/c1-13-6-4-5-7-16(13)18(2,3)17(21)20-11-10-14-8-9-15(12-20)19-14/h4-7,14-15,19H,8-12H2,1-3H3. The maximum atomic E-state index is 13.1. The Morgan fingerprint density at radius 2 is 1.90 bits per heavy atom. The Morgan fingerprint density at radius 3 is 2.67 bits per heavy atom. The average Bonchev–Trinajstić information content (AvgIpc) is 2.78. The molecule has 1 amide bonds. The van der Waals surface area contributed by atoms with Crippen molar-refractivity contribution in [1.82, 2.24) is 10.2 Å². The van der Waals surface area contributed by atoms with Crippen LogP contribution in [-0.2, 0) is 10.2 Å². The molecule has 2 fully saturated rings. The summed E-state index contributed by atoms with van der Waals surface area (Å²) in [6, 6.07) is 9.37. The topological polar surface area (TPSA) is 32.3 Å². The highest BCUT2D eigenvalue weighted by Crippen LogP contribution is 2.30. The van der Waals surface area contributed by atoms with E-state index in [1.165, 1.54) is 18.4 Å². The molecule has 0 spiro atoms. The Labute approximate surface area is 127 Å². The Hall–Kier alpha value is -1.35. The molecule has 0 aliphatic carbocycles. The van der Waals surface area contributed by atoms with E-state index in [1.807, 2.05) is 12.1 Å². The molecule has 2 aliphatic heterocycles. The summed E-state index contributed by atoms with van der Waals surface area (Å²) in [7, 11) is 0. The van der Waals surface area contributed by atoms with Crippen molar-refractivity contribution < 1.29 is 4.79 Å². The van der Waals surface area contributed by atoms with Crippen LogP contribution in [0.5, 0.6) is 0 Å². The van der Waals surface area contributed by atoms with Gasteiger partial charge in [-0.1, -0.05) is 24.3 Å². The normalized spacial score (nSPS) is 25.8. The molecule has 1 N–H and O–H groups in total. The Morgan fingerprint density at radius 1 is 1.19 bits per heavy atom. The lowest BCUT2D eigenvalue weighted by molar-refractivity contribution is -0.136. The van der Waals surface area contributed by atoms with E-state index >= 15 is 0 Å². The van der Waals surface area contributed by atoms with Crippen LogP contribution in [0.15, 0.2) is 24.3 Å². The largest absolute Gasteiger partial charge is 0.340 e. The summed E-state index contributed by atoms with van der Waals surface area (Å²) in [6.45, 7) is 7.98. The maximum absolute atomic E-state index is 13.1. The lowest BCUT2D eigenvalue weighted by Gasteiger charge is -2.34. The zero-order chi connectivity index (χ0) is 15.0. The summed E-state index contributed by atoms with van der Waals surface area (Å²) >= 11 is 0. The molecular formula is C18H26N2O. The van der Waals surface area contributed by atoms with Gasteiger partial charge in [0.25, 0.3) is 0 Å². The summed E-state index contributed by atoms with van der Waals surface area (Å²) in [4.78, 5) is 15.2. The van der Waals surface area contributed by atoms with Crippen molar-refractivity contribution in [3.63, 3.8) is 0 Å². The van der Waals surface area contributed by atoms with Gasteiger partial charge in [-0.25, -0.2) is 0 Å². The predicted octanol–water partition coefficient (Wildman–Crippen LogP) is 2.63. The monoisotopic (exact) mass is 286 g/mol. The molecule has 2 unspecified atom stereocenters. The highest BCUT2D eigenvalue weighted by atomic mass is 16.2. The van der Waals surface area contributed by atoms with Gasteiger partial charge in [0.15, 0.2) is 0 Å². The van der Waals surface area contributed by atoms with Gasteiger partial charge in [-0.3, -0.25) is 4.79 Å². The fraction of sp³-hybridized carbons (Fsp3) is 0.611. The van der Waals surface area contributed by atoms with Crippen LogP contribution < -0.4 is 5.32 Å². The van der Waals surface area contributed by atoms with E-state index in [0.717, 1.165) is 25.1 Å². The lowest BCUT2D eigenvalue weighted by atomic mass is 9.80. The van der Waals surface area contributed by atoms with Crippen LogP contribution in [-0.4, -0.2) is 36.0 Å². The average molecular weight is 286 g/mol. The molecule has 3 nitrogen and oxygen atoms in total. The van der Waals surface area contributed by atoms with Crippen LogP contribution in [0.1, 0.15) is 44.2 Å². The lowest BCUT2D eigenvalue weighted by Crippen LogP contribution is -2.47. The number of hydrogen-bond donors (Lipinski definition) is 1. The number of nitrogens with zero attached hydrogens (tertiary/aromatic N) is 1. The van der Waals surface area contributed by atoms with Gasteiger partial charge in [-0.2, -0.15) is 0 Å². The van der Waals surface area contributed by atoms with Gasteiger partial charge in [-0.05, 0) is 51.2 Å². The molecule has 2 heterocycles. The van der Waals surface area contributed by atoms with E-state index < -0.39 is 5.41 Å². The van der Waals surface area contributed by atoms with Crippen molar-refractivity contribution in [2.75, 3.05) is 13.1 Å². The van der Waals surface area contributed by atoms with Crippen LogP contribution in [0.4, 0.5) is 0 Å². The number of benzene rings is 1. The van der Waals surface area contributed by atoms with Crippen molar-refractivity contribution >= 4 is 5.91 Å². The van der Waals surface area contributed by atoms with Crippen molar-refractivity contribution in [1.29, 1.82) is 0 Å². The number of rotatable bonds is 2. The van der Waals surface area contributed by atoms with Crippen LogP contribution >= 0.6 is 0 Å². The van der Waals surface area contributed by atoms with E-state index in [4.69, 9.17) is 0 Å². The van der Waals surface area contributed by atoms with Gasteiger partial charge in [0, 0.05) is 25.2 Å². The number of fused-ring (bicyclic) bond motifs is 2. The van der Waals surface area contributed by atoms with Gasteiger partial charge in [0.05, 0.1) is 5.41 Å². The van der Waals surface area contributed by atoms with E-state index in [2.05, 4.69) is 43.1 Å². The number of hydrogen-bond acceptors (Lipinski definition) is 2. The van der Waals surface area contributed by atoms with Gasteiger partial charge >= 0.3 is 0 Å². The molecule has 0 radical (unpaired) electrons. The van der Waals surface area contributed by atoms with Gasteiger partial charge in [0.2, 0.25) is 5.91 Å². The Kier molecular flexibility index (Phi) is 3.78. The predicted molar refractivity (Wildman–Crippen MR) is 85.3 cm³/mol. The van der Waals surface area contributed by atoms with Gasteiger partial charge < -0.3 is 10.2 Å². The fourth-order valence-corrected chi connectivity index (χ4v) is 3.91. The highest BCUT2D eigenvalue weighted by molar-refractivity contribution is 5.88. The van der Waals surface area contributed by atoms with Crippen molar-refractivity contribution in [2.24, 2.45) is 0 Å². The molecule has 2 atom stereocenters. The molecule has 1 aromatic carbocycles. The zero-order valence-electron chi connectivity index (χ0n) is 13.4. The molecule has 0 saturated carbocycles. The van der Waals surface area contributed by atoms with Crippen molar-refractivity contribution in [3.8, 4) is 0 Å². The highest BCUT2D eigenvalue weighted by Gasteiger charge is 2.38. The van der Waals surface area contributed by atoms with Crippen LogP contribution in [0, 0.1) is 6.92 Å². The summed E-state index contributed by atoms with van der Waals surface area (Å²) in [5.41, 5.74) is 1.90. The molecule has 1 aromatic rings. The second-order valence-corrected chi connectivity index (χ2v) is 7.12. The van der Waals surface area contributed by atoms with E-state index in [0.29, 0.717) is 12.1 Å². The summed E-state index contributed by atoms with van der Waals surface area (Å²) in [5.74, 6) is 0.270. The molecule has 2 aliphatic rings. The van der Waals surface area contributed by atoms with E-state index in [-0.39, 0.29) is 5.91 Å². The van der Waals surface area contributed by atoms with Crippen molar-refractivity contribution in [2.45, 2.75) is 57.5 Å². The third kappa shape index (κ3) is 2.71. The van der Waals surface area contributed by atoms with E-state index in [1.54, 1.807) is 0 Å². The SMILES string of the molecule is Cc1ccccc1C(C)(C)C(=O)N1CCC2CCC(C1)N2. The molecule has 21 heavy (non-hydrogen) atoms. The first-order valence-electron chi connectivity index (χ1n) is 8.10. The second-order valence-electron chi connectivity index (χ2n) is 7.12. The number of aryl methyl sites for hydroxylation is 1. The van der Waals surface area contributed by atoms with Crippen LogP contribution in [0.3, 0.4) is 0 Å². The Balaban J connectivity index is 1.82. The summed E-state index contributed by atoms with van der Waals surface area (Å²) in [5, 5.41) is 3.65. The smallest absolute Gasteiger partial charge is 0.232 e. The first-order chi connectivity index (χ1) is 9.98. The Bertz CT molecular complexity index is 538. The van der Waals surface area contributed by atoms with Crippen molar-refractivity contribution in [3.05, 3.63) is 35.4 Å². The molecule has 2 saturated heterocycles. The minimum atomic E-state index is -0.449. The minimum Gasteiger partial charge on any atom is -0.340 e. The number of carbonyl (C=O) groups excluding carboxylic acids is 1. The number of carbonyl (C=O) groups is 1.